The number of hydrogen-bond donors (Lipinski definition) is 2. The van der Waals surface area contributed by atoms with Crippen molar-refractivity contribution in [3.05, 3.63) is 74.6 Å². The molecular weight excluding hydrogens is 341 g/mol. The molecule has 0 heterocycles. The van der Waals surface area contributed by atoms with E-state index in [4.69, 9.17) is 0 Å². The monoisotopic (exact) mass is 359 g/mol. The number of nitro groups is 1. The van der Waals surface area contributed by atoms with E-state index in [2.05, 4.69) is 10.6 Å². The van der Waals surface area contributed by atoms with Crippen LogP contribution in [-0.4, -0.2) is 29.8 Å². The molecule has 7 nitrogen and oxygen atoms in total. The molecule has 2 aromatic carbocycles. The molecular formula is C18H18FN3O4. The lowest BCUT2D eigenvalue weighted by Gasteiger charge is -2.08. The zero-order chi connectivity index (χ0) is 19.3. The van der Waals surface area contributed by atoms with Gasteiger partial charge in [-0.25, -0.2) is 4.39 Å². The van der Waals surface area contributed by atoms with E-state index in [0.29, 0.717) is 11.1 Å². The lowest BCUT2D eigenvalue weighted by molar-refractivity contribution is -0.385. The van der Waals surface area contributed by atoms with Crippen LogP contribution in [0.15, 0.2) is 36.4 Å². The zero-order valence-corrected chi connectivity index (χ0v) is 14.3. The molecule has 2 N–H and O–H groups in total. The summed E-state index contributed by atoms with van der Waals surface area (Å²) in [7, 11) is 0. The molecule has 0 aliphatic heterocycles. The molecule has 8 heteroatoms. The van der Waals surface area contributed by atoms with E-state index in [1.807, 2.05) is 0 Å². The van der Waals surface area contributed by atoms with Crippen molar-refractivity contribution in [1.29, 1.82) is 0 Å². The van der Waals surface area contributed by atoms with Crippen molar-refractivity contribution >= 4 is 17.5 Å². The Balaban J connectivity index is 1.86. The molecule has 0 fully saturated rings. The first-order chi connectivity index (χ1) is 12.3. The lowest BCUT2D eigenvalue weighted by Crippen LogP contribution is -2.34. The molecule has 0 saturated heterocycles. The molecule has 136 valence electrons. The van der Waals surface area contributed by atoms with E-state index in [1.165, 1.54) is 30.3 Å². The molecule has 0 aromatic heterocycles. The number of nitrogens with one attached hydrogen (secondary N) is 2. The van der Waals surface area contributed by atoms with E-state index < -0.39 is 22.6 Å². The quantitative estimate of drug-likeness (QED) is 0.470. The molecule has 2 aromatic rings. The highest BCUT2D eigenvalue weighted by Gasteiger charge is 2.15. The number of benzene rings is 2. The Morgan fingerprint density at radius 3 is 1.96 bits per heavy atom. The third kappa shape index (κ3) is 4.62. The summed E-state index contributed by atoms with van der Waals surface area (Å²) in [6.07, 6.45) is 0. The van der Waals surface area contributed by atoms with Crippen LogP contribution in [-0.2, 0) is 0 Å². The van der Waals surface area contributed by atoms with Gasteiger partial charge in [0.25, 0.3) is 17.5 Å². The highest BCUT2D eigenvalue weighted by atomic mass is 19.1. The minimum absolute atomic E-state index is 0.126. The van der Waals surface area contributed by atoms with Crippen LogP contribution < -0.4 is 10.6 Å². The number of carbonyl (C=O) groups excluding carboxylic acids is 2. The van der Waals surface area contributed by atoms with Crippen LogP contribution >= 0.6 is 0 Å². The van der Waals surface area contributed by atoms with E-state index in [9.17, 15) is 24.1 Å². The molecule has 0 spiro atoms. The number of hydrogen-bond acceptors (Lipinski definition) is 4. The van der Waals surface area contributed by atoms with E-state index >= 15 is 0 Å². The largest absolute Gasteiger partial charge is 0.350 e. The lowest BCUT2D eigenvalue weighted by atomic mass is 10.1. The Hall–Kier alpha value is -3.29. The third-order valence-electron chi connectivity index (χ3n) is 3.80. The Morgan fingerprint density at radius 2 is 1.46 bits per heavy atom. The Kier molecular flexibility index (Phi) is 6.00. The molecule has 0 aliphatic carbocycles. The van der Waals surface area contributed by atoms with Gasteiger partial charge in [0.05, 0.1) is 4.92 Å². The first kappa shape index (κ1) is 19.0. The summed E-state index contributed by atoms with van der Waals surface area (Å²) >= 11 is 0. The number of carbonyl (C=O) groups is 2. The average Bonchev–Trinajstić information content (AvgIpc) is 2.60. The van der Waals surface area contributed by atoms with E-state index in [1.54, 1.807) is 13.8 Å². The van der Waals surface area contributed by atoms with Crippen molar-refractivity contribution in [2.75, 3.05) is 13.1 Å². The van der Waals surface area contributed by atoms with Gasteiger partial charge in [-0.15, -0.1) is 0 Å². The second-order valence-corrected chi connectivity index (χ2v) is 5.73. The Bertz CT molecular complexity index is 868. The Labute approximate surface area is 149 Å². The third-order valence-corrected chi connectivity index (χ3v) is 3.80. The maximum absolute atomic E-state index is 13.5. The van der Waals surface area contributed by atoms with Crippen molar-refractivity contribution in [2.45, 2.75) is 13.8 Å². The van der Waals surface area contributed by atoms with Crippen LogP contribution in [0.2, 0.25) is 0 Å². The van der Waals surface area contributed by atoms with Gasteiger partial charge in [0, 0.05) is 35.8 Å². The van der Waals surface area contributed by atoms with Crippen LogP contribution in [0.1, 0.15) is 31.8 Å². The first-order valence-electron chi connectivity index (χ1n) is 7.87. The first-order valence-corrected chi connectivity index (χ1v) is 7.87. The molecule has 0 saturated carbocycles. The second-order valence-electron chi connectivity index (χ2n) is 5.73. The summed E-state index contributed by atoms with van der Waals surface area (Å²) in [5.41, 5.74) is 1.13. The van der Waals surface area contributed by atoms with E-state index in [-0.39, 0.29) is 29.9 Å². The zero-order valence-electron chi connectivity index (χ0n) is 14.3. The predicted molar refractivity (Wildman–Crippen MR) is 93.6 cm³/mol. The number of nitrogens with zero attached hydrogens (tertiary/aromatic N) is 1. The SMILES string of the molecule is Cc1ccc(C(=O)NCCNC(=O)c2ccc(C)c([N+](=O)[O-])c2)cc1F. The van der Waals surface area contributed by atoms with Gasteiger partial charge in [-0.1, -0.05) is 12.1 Å². The van der Waals surface area contributed by atoms with Gasteiger partial charge >= 0.3 is 0 Å². The number of rotatable bonds is 6. The number of amides is 2. The van der Waals surface area contributed by atoms with Crippen molar-refractivity contribution in [3.8, 4) is 0 Å². The van der Waals surface area contributed by atoms with Gasteiger partial charge in [0.2, 0.25) is 0 Å². The summed E-state index contributed by atoms with van der Waals surface area (Å²) in [6, 6.07) is 8.37. The maximum Gasteiger partial charge on any atom is 0.273 e. The summed E-state index contributed by atoms with van der Waals surface area (Å²) in [4.78, 5) is 34.3. The number of nitro benzene ring substituents is 1. The molecule has 0 bridgehead atoms. The van der Waals surface area contributed by atoms with Gasteiger partial charge in [-0.05, 0) is 37.6 Å². The fourth-order valence-corrected chi connectivity index (χ4v) is 2.24. The molecule has 0 unspecified atom stereocenters. The average molecular weight is 359 g/mol. The van der Waals surface area contributed by atoms with Gasteiger partial charge < -0.3 is 10.6 Å². The highest BCUT2D eigenvalue weighted by molar-refractivity contribution is 5.95. The predicted octanol–water partition coefficient (Wildman–Crippen LogP) is 2.51. The molecule has 2 rings (SSSR count). The normalized spacial score (nSPS) is 10.3. The van der Waals surface area contributed by atoms with Crippen LogP contribution in [0.3, 0.4) is 0 Å². The van der Waals surface area contributed by atoms with Crippen LogP contribution in [0.25, 0.3) is 0 Å². The summed E-state index contributed by atoms with van der Waals surface area (Å²) < 4.78 is 13.5. The molecule has 0 atom stereocenters. The fourth-order valence-electron chi connectivity index (χ4n) is 2.24. The van der Waals surface area contributed by atoms with Crippen LogP contribution in [0.5, 0.6) is 0 Å². The van der Waals surface area contributed by atoms with Crippen molar-refractivity contribution < 1.29 is 18.9 Å². The van der Waals surface area contributed by atoms with Crippen LogP contribution in [0, 0.1) is 29.8 Å². The topological polar surface area (TPSA) is 101 Å². The Morgan fingerprint density at radius 1 is 0.962 bits per heavy atom. The van der Waals surface area contributed by atoms with Crippen molar-refractivity contribution in [2.24, 2.45) is 0 Å². The maximum atomic E-state index is 13.5. The molecule has 0 aliphatic rings. The minimum atomic E-state index is -0.549. The summed E-state index contributed by atoms with van der Waals surface area (Å²) in [6.45, 7) is 3.44. The summed E-state index contributed by atoms with van der Waals surface area (Å²) in [5, 5.41) is 16.0. The minimum Gasteiger partial charge on any atom is -0.350 e. The smallest absolute Gasteiger partial charge is 0.273 e. The summed E-state index contributed by atoms with van der Waals surface area (Å²) in [5.74, 6) is -1.40. The van der Waals surface area contributed by atoms with Gasteiger partial charge in [-0.2, -0.15) is 0 Å². The van der Waals surface area contributed by atoms with Gasteiger partial charge in [0.15, 0.2) is 0 Å². The fraction of sp³-hybridized carbons (Fsp3) is 0.222. The highest BCUT2D eigenvalue weighted by Crippen LogP contribution is 2.19. The van der Waals surface area contributed by atoms with Crippen molar-refractivity contribution in [1.82, 2.24) is 10.6 Å². The van der Waals surface area contributed by atoms with E-state index in [0.717, 1.165) is 6.07 Å². The van der Waals surface area contributed by atoms with Crippen molar-refractivity contribution in [3.63, 3.8) is 0 Å². The standard InChI is InChI=1S/C18H18FN3O4/c1-11-3-5-13(9-15(11)19)17(23)20-7-8-21-18(24)14-6-4-12(2)16(10-14)22(25)26/h3-6,9-10H,7-8H2,1-2H3,(H,20,23)(H,21,24). The number of aryl methyl sites for hydroxylation is 2. The molecule has 26 heavy (non-hydrogen) atoms. The van der Waals surface area contributed by atoms with Crippen LogP contribution in [0.4, 0.5) is 10.1 Å². The molecule has 2 amide bonds. The second kappa shape index (κ2) is 8.19. The molecule has 0 radical (unpaired) electrons. The number of halogens is 1. The van der Waals surface area contributed by atoms with Gasteiger partial charge in [-0.3, -0.25) is 19.7 Å². The van der Waals surface area contributed by atoms with Gasteiger partial charge in [0.1, 0.15) is 5.82 Å².